The summed E-state index contributed by atoms with van der Waals surface area (Å²) in [5.41, 5.74) is 6.68. The molecule has 1 aromatic rings. The van der Waals surface area contributed by atoms with E-state index in [9.17, 15) is 0 Å². The maximum Gasteiger partial charge on any atom is 0.0425 e. The molecule has 1 nitrogen and oxygen atoms in total. The summed E-state index contributed by atoms with van der Waals surface area (Å²) in [6.45, 7) is 0. The summed E-state index contributed by atoms with van der Waals surface area (Å²) in [5, 5.41) is 2.07. The Balaban J connectivity index is 2.06. The summed E-state index contributed by atoms with van der Waals surface area (Å²) < 4.78 is 0. The highest BCUT2D eigenvalue weighted by Gasteiger charge is 2.15. The lowest BCUT2D eigenvalue weighted by Crippen LogP contribution is -1.93. The van der Waals surface area contributed by atoms with E-state index in [0.29, 0.717) is 0 Å². The fraction of sp³-hybridized carbons (Fsp3) is 0.636. The second kappa shape index (κ2) is 4.14. The Labute approximate surface area is 84.0 Å². The molecule has 1 aliphatic carbocycles. The van der Waals surface area contributed by atoms with Gasteiger partial charge in [0.05, 0.1) is 0 Å². The number of hydrogen-bond acceptors (Lipinski definition) is 2. The van der Waals surface area contributed by atoms with E-state index in [-0.39, 0.29) is 0 Å². The van der Waals surface area contributed by atoms with Crippen LogP contribution in [0.4, 0.5) is 5.69 Å². The molecule has 0 amide bonds. The zero-order valence-electron chi connectivity index (χ0n) is 7.96. The maximum atomic E-state index is 5.73. The largest absolute Gasteiger partial charge is 0.398 e. The highest BCUT2D eigenvalue weighted by molar-refractivity contribution is 7.10. The summed E-state index contributed by atoms with van der Waals surface area (Å²) in [4.78, 5) is 1.51. The van der Waals surface area contributed by atoms with Crippen LogP contribution < -0.4 is 5.73 Å². The van der Waals surface area contributed by atoms with Crippen LogP contribution in [0.15, 0.2) is 11.4 Å². The van der Waals surface area contributed by atoms with Gasteiger partial charge in [0.2, 0.25) is 0 Å². The highest BCUT2D eigenvalue weighted by Crippen LogP contribution is 2.35. The summed E-state index contributed by atoms with van der Waals surface area (Å²) in [6.07, 6.45) is 8.42. The number of anilines is 1. The first-order chi connectivity index (χ1) is 6.36. The van der Waals surface area contributed by atoms with Crippen molar-refractivity contribution in [3.05, 3.63) is 16.3 Å². The molecule has 0 radical (unpaired) electrons. The minimum atomic E-state index is 0.810. The predicted octanol–water partition coefficient (Wildman–Crippen LogP) is 3.77. The van der Waals surface area contributed by atoms with E-state index in [1.807, 2.05) is 11.3 Å². The first kappa shape index (κ1) is 9.07. The molecule has 1 aliphatic rings. The van der Waals surface area contributed by atoms with Crippen molar-refractivity contribution in [2.45, 2.75) is 44.4 Å². The third-order valence-corrected chi connectivity index (χ3v) is 4.01. The minimum absolute atomic E-state index is 0.810. The van der Waals surface area contributed by atoms with E-state index in [0.717, 1.165) is 11.6 Å². The molecule has 0 spiro atoms. The van der Waals surface area contributed by atoms with Gasteiger partial charge in [0.15, 0.2) is 0 Å². The minimum Gasteiger partial charge on any atom is -0.398 e. The fourth-order valence-electron chi connectivity index (χ4n) is 2.15. The molecule has 0 bridgehead atoms. The Bertz CT molecular complexity index is 259. The molecule has 1 fully saturated rings. The lowest BCUT2D eigenvalue weighted by molar-refractivity contribution is 0.602. The van der Waals surface area contributed by atoms with Crippen molar-refractivity contribution in [1.82, 2.24) is 0 Å². The Morgan fingerprint density at radius 1 is 1.15 bits per heavy atom. The number of rotatable bonds is 1. The van der Waals surface area contributed by atoms with E-state index >= 15 is 0 Å². The molecular weight excluding hydrogens is 178 g/mol. The average Bonchev–Trinajstić information content (AvgIpc) is 2.43. The Morgan fingerprint density at radius 3 is 2.38 bits per heavy atom. The lowest BCUT2D eigenvalue weighted by Gasteiger charge is -2.10. The van der Waals surface area contributed by atoms with Gasteiger partial charge in [0.1, 0.15) is 0 Å². The molecule has 0 aromatic carbocycles. The van der Waals surface area contributed by atoms with Gasteiger partial charge in [0, 0.05) is 15.9 Å². The van der Waals surface area contributed by atoms with Gasteiger partial charge in [-0.2, -0.15) is 0 Å². The highest BCUT2D eigenvalue weighted by atomic mass is 32.1. The van der Waals surface area contributed by atoms with Crippen LogP contribution >= 0.6 is 11.3 Å². The average molecular weight is 195 g/mol. The summed E-state index contributed by atoms with van der Waals surface area (Å²) in [6, 6.07) is 2.17. The van der Waals surface area contributed by atoms with Gasteiger partial charge in [-0.3, -0.25) is 0 Å². The maximum absolute atomic E-state index is 5.73. The van der Waals surface area contributed by atoms with Crippen LogP contribution in [-0.2, 0) is 0 Å². The van der Waals surface area contributed by atoms with Crippen LogP contribution in [0.2, 0.25) is 0 Å². The molecular formula is C11H17NS. The standard InChI is InChI=1S/C11H17NS/c12-10-7-11(13-8-10)9-5-3-1-2-4-6-9/h7-9H,1-6,12H2. The molecule has 2 N–H and O–H groups in total. The molecule has 1 saturated carbocycles. The van der Waals surface area contributed by atoms with Crippen molar-refractivity contribution in [1.29, 1.82) is 0 Å². The van der Waals surface area contributed by atoms with Crippen LogP contribution in [0.25, 0.3) is 0 Å². The fourth-order valence-corrected chi connectivity index (χ4v) is 3.12. The molecule has 1 heterocycles. The first-order valence-corrected chi connectivity index (χ1v) is 6.08. The molecule has 72 valence electrons. The monoisotopic (exact) mass is 195 g/mol. The van der Waals surface area contributed by atoms with Crippen LogP contribution in [0.5, 0.6) is 0 Å². The lowest BCUT2D eigenvalue weighted by atomic mass is 9.99. The second-order valence-corrected chi connectivity index (χ2v) is 4.91. The smallest absolute Gasteiger partial charge is 0.0425 e. The van der Waals surface area contributed by atoms with Crippen molar-refractivity contribution in [2.75, 3.05) is 5.73 Å². The SMILES string of the molecule is Nc1csc(C2CCCCCC2)c1. The van der Waals surface area contributed by atoms with Crippen LogP contribution in [0.1, 0.15) is 49.3 Å². The molecule has 2 rings (SSSR count). The number of hydrogen-bond donors (Lipinski definition) is 1. The normalized spacial score (nSPS) is 20.0. The zero-order chi connectivity index (χ0) is 9.10. The third-order valence-electron chi connectivity index (χ3n) is 2.90. The molecule has 0 atom stereocenters. The van der Waals surface area contributed by atoms with E-state index in [1.165, 1.54) is 43.4 Å². The molecule has 2 heteroatoms. The van der Waals surface area contributed by atoms with Crippen molar-refractivity contribution in [3.8, 4) is 0 Å². The van der Waals surface area contributed by atoms with E-state index < -0.39 is 0 Å². The number of nitrogens with two attached hydrogens (primary N) is 1. The Kier molecular flexibility index (Phi) is 2.89. The van der Waals surface area contributed by atoms with E-state index in [1.54, 1.807) is 0 Å². The second-order valence-electron chi connectivity index (χ2n) is 3.97. The van der Waals surface area contributed by atoms with Gasteiger partial charge in [0.25, 0.3) is 0 Å². The summed E-state index contributed by atoms with van der Waals surface area (Å²) >= 11 is 1.84. The van der Waals surface area contributed by atoms with Crippen molar-refractivity contribution >= 4 is 17.0 Å². The van der Waals surface area contributed by atoms with Crippen LogP contribution in [0.3, 0.4) is 0 Å². The molecule has 0 saturated heterocycles. The van der Waals surface area contributed by atoms with E-state index in [2.05, 4.69) is 11.4 Å². The number of thiophene rings is 1. The summed E-state index contributed by atoms with van der Waals surface area (Å²) in [5.74, 6) is 0.810. The third kappa shape index (κ3) is 2.25. The van der Waals surface area contributed by atoms with Crippen LogP contribution in [0, 0.1) is 0 Å². The van der Waals surface area contributed by atoms with Gasteiger partial charge >= 0.3 is 0 Å². The molecule has 13 heavy (non-hydrogen) atoms. The van der Waals surface area contributed by atoms with Gasteiger partial charge in [-0.25, -0.2) is 0 Å². The van der Waals surface area contributed by atoms with Crippen LogP contribution in [-0.4, -0.2) is 0 Å². The van der Waals surface area contributed by atoms with Gasteiger partial charge in [-0.05, 0) is 24.8 Å². The van der Waals surface area contributed by atoms with Crippen molar-refractivity contribution < 1.29 is 0 Å². The van der Waals surface area contributed by atoms with Gasteiger partial charge in [-0.1, -0.05) is 25.7 Å². The predicted molar refractivity (Wildman–Crippen MR) is 59.2 cm³/mol. The van der Waals surface area contributed by atoms with Crippen molar-refractivity contribution in [2.24, 2.45) is 0 Å². The Morgan fingerprint density at radius 2 is 1.85 bits per heavy atom. The Hall–Kier alpha value is -0.500. The van der Waals surface area contributed by atoms with Gasteiger partial charge in [-0.15, -0.1) is 11.3 Å². The molecule has 1 aromatic heterocycles. The van der Waals surface area contributed by atoms with Crippen molar-refractivity contribution in [3.63, 3.8) is 0 Å². The number of nitrogen functional groups attached to an aromatic ring is 1. The quantitative estimate of drug-likeness (QED) is 0.678. The first-order valence-electron chi connectivity index (χ1n) is 5.20. The topological polar surface area (TPSA) is 26.0 Å². The summed E-state index contributed by atoms with van der Waals surface area (Å²) in [7, 11) is 0. The molecule has 0 unspecified atom stereocenters. The molecule has 0 aliphatic heterocycles. The van der Waals surface area contributed by atoms with Gasteiger partial charge < -0.3 is 5.73 Å². The zero-order valence-corrected chi connectivity index (χ0v) is 8.78. The van der Waals surface area contributed by atoms with E-state index in [4.69, 9.17) is 5.73 Å².